The van der Waals surface area contributed by atoms with Crippen molar-refractivity contribution in [2.75, 3.05) is 31.5 Å². The van der Waals surface area contributed by atoms with E-state index in [0.717, 1.165) is 23.4 Å². The SMILES string of the molecule is CCn1cc(S(=O)(=O)N2CCN(CC(C)C)[C@H](c3cc(C=N)c(Nc4ccc(F)cc4)cc3C)C2)nn1. The van der Waals surface area contributed by atoms with E-state index < -0.39 is 10.0 Å². The van der Waals surface area contributed by atoms with E-state index in [-0.39, 0.29) is 23.4 Å². The molecule has 1 atom stereocenters. The standard InChI is InChI=1S/C26H34FN7O2S/c1-5-33-17-26(30-31-33)37(35,36)34-11-10-32(15-18(2)3)25(16-34)23-13-20(14-28)24(12-19(23)4)29-22-8-6-21(27)7-9-22/h6-9,12-14,17-18,25,28-29H,5,10-11,15-16H2,1-4H3/t25-/m0/s1. The van der Waals surface area contributed by atoms with Gasteiger partial charge in [-0.15, -0.1) is 5.10 Å². The average Bonchev–Trinajstić information content (AvgIpc) is 3.36. The van der Waals surface area contributed by atoms with Crippen LogP contribution in [-0.4, -0.2) is 65.0 Å². The summed E-state index contributed by atoms with van der Waals surface area (Å²) in [6, 6.07) is 9.79. The lowest BCUT2D eigenvalue weighted by Gasteiger charge is -2.42. The molecule has 1 aliphatic heterocycles. The highest BCUT2D eigenvalue weighted by Crippen LogP contribution is 2.34. The Balaban J connectivity index is 1.68. The van der Waals surface area contributed by atoms with Gasteiger partial charge in [0.15, 0.2) is 0 Å². The number of nitrogens with zero attached hydrogens (tertiary/aromatic N) is 5. The molecular formula is C26H34FN7O2S. The lowest BCUT2D eigenvalue weighted by atomic mass is 9.94. The second kappa shape index (κ2) is 11.1. The number of aryl methyl sites for hydroxylation is 2. The fraction of sp³-hybridized carbons (Fsp3) is 0.423. The van der Waals surface area contributed by atoms with E-state index in [1.165, 1.54) is 33.5 Å². The largest absolute Gasteiger partial charge is 0.355 e. The van der Waals surface area contributed by atoms with Gasteiger partial charge in [0.25, 0.3) is 10.0 Å². The Kier molecular flexibility index (Phi) is 8.05. The summed E-state index contributed by atoms with van der Waals surface area (Å²) in [5.74, 6) is 0.0840. The molecule has 198 valence electrons. The number of hydrogen-bond acceptors (Lipinski definition) is 7. The fourth-order valence-corrected chi connectivity index (χ4v) is 6.02. The highest BCUT2D eigenvalue weighted by molar-refractivity contribution is 7.89. The van der Waals surface area contributed by atoms with Crippen molar-refractivity contribution in [2.24, 2.45) is 5.92 Å². The first-order valence-corrected chi connectivity index (χ1v) is 13.9. The molecule has 11 heteroatoms. The predicted molar refractivity (Wildman–Crippen MR) is 142 cm³/mol. The zero-order chi connectivity index (χ0) is 26.7. The van der Waals surface area contributed by atoms with Crippen molar-refractivity contribution in [1.29, 1.82) is 5.41 Å². The van der Waals surface area contributed by atoms with Crippen LogP contribution >= 0.6 is 0 Å². The maximum absolute atomic E-state index is 13.4. The first-order chi connectivity index (χ1) is 17.6. The van der Waals surface area contributed by atoms with Gasteiger partial charge in [0, 0.05) is 61.9 Å². The van der Waals surface area contributed by atoms with Crippen molar-refractivity contribution in [3.63, 3.8) is 0 Å². The number of aromatic nitrogens is 3. The second-order valence-corrected chi connectivity index (χ2v) is 11.6. The maximum atomic E-state index is 13.4. The van der Waals surface area contributed by atoms with Gasteiger partial charge in [0.2, 0.25) is 5.03 Å². The fourth-order valence-electron chi connectivity index (χ4n) is 4.70. The number of nitrogens with one attached hydrogen (secondary N) is 2. The normalized spacial score (nSPS) is 17.3. The van der Waals surface area contributed by atoms with Gasteiger partial charge in [-0.2, -0.15) is 4.31 Å². The van der Waals surface area contributed by atoms with Crippen molar-refractivity contribution in [3.8, 4) is 0 Å². The molecule has 1 saturated heterocycles. The Bertz CT molecular complexity index is 1360. The van der Waals surface area contributed by atoms with E-state index in [9.17, 15) is 12.8 Å². The van der Waals surface area contributed by atoms with E-state index in [1.54, 1.807) is 12.1 Å². The minimum Gasteiger partial charge on any atom is -0.355 e. The molecule has 0 amide bonds. The molecule has 0 spiro atoms. The smallest absolute Gasteiger partial charge is 0.264 e. The summed E-state index contributed by atoms with van der Waals surface area (Å²) < 4.78 is 43.2. The predicted octanol–water partition coefficient (Wildman–Crippen LogP) is 4.19. The first kappa shape index (κ1) is 26.9. The molecule has 2 aromatic carbocycles. The summed E-state index contributed by atoms with van der Waals surface area (Å²) in [6.45, 7) is 10.7. The number of rotatable bonds is 9. The van der Waals surface area contributed by atoms with Crippen LogP contribution in [0.4, 0.5) is 15.8 Å². The second-order valence-electron chi connectivity index (χ2n) is 9.75. The summed E-state index contributed by atoms with van der Waals surface area (Å²) >= 11 is 0. The molecule has 0 unspecified atom stereocenters. The summed E-state index contributed by atoms with van der Waals surface area (Å²) in [5.41, 5.74) is 4.06. The Morgan fingerprint density at radius 3 is 2.57 bits per heavy atom. The van der Waals surface area contributed by atoms with E-state index in [0.29, 0.717) is 36.8 Å². The van der Waals surface area contributed by atoms with Crippen molar-refractivity contribution >= 4 is 27.6 Å². The molecule has 1 fully saturated rings. The zero-order valence-corrected chi connectivity index (χ0v) is 22.5. The number of anilines is 2. The van der Waals surface area contributed by atoms with Gasteiger partial charge in [-0.25, -0.2) is 12.8 Å². The van der Waals surface area contributed by atoms with E-state index in [4.69, 9.17) is 5.41 Å². The molecule has 3 aromatic rings. The third-order valence-electron chi connectivity index (χ3n) is 6.58. The molecule has 2 heterocycles. The van der Waals surface area contributed by atoms with E-state index >= 15 is 0 Å². The van der Waals surface area contributed by atoms with Gasteiger partial charge in [-0.3, -0.25) is 9.58 Å². The van der Waals surface area contributed by atoms with Crippen LogP contribution in [0.2, 0.25) is 0 Å². The van der Waals surface area contributed by atoms with Crippen molar-refractivity contribution in [3.05, 3.63) is 65.1 Å². The Morgan fingerprint density at radius 1 is 1.22 bits per heavy atom. The van der Waals surface area contributed by atoms with Crippen LogP contribution in [0.15, 0.2) is 47.6 Å². The van der Waals surface area contributed by atoms with Crippen LogP contribution in [0.1, 0.15) is 43.5 Å². The minimum atomic E-state index is -3.80. The highest BCUT2D eigenvalue weighted by Gasteiger charge is 2.37. The molecule has 9 nitrogen and oxygen atoms in total. The molecule has 0 aliphatic carbocycles. The van der Waals surface area contributed by atoms with Crippen LogP contribution in [0.25, 0.3) is 0 Å². The number of halogens is 1. The Hall–Kier alpha value is -3.15. The summed E-state index contributed by atoms with van der Waals surface area (Å²) in [7, 11) is -3.80. The van der Waals surface area contributed by atoms with Gasteiger partial charge in [-0.05, 0) is 67.3 Å². The van der Waals surface area contributed by atoms with Gasteiger partial charge in [0.1, 0.15) is 5.82 Å². The monoisotopic (exact) mass is 527 g/mol. The molecule has 0 bridgehead atoms. The third-order valence-corrected chi connectivity index (χ3v) is 8.30. The van der Waals surface area contributed by atoms with E-state index in [1.807, 2.05) is 26.0 Å². The quantitative estimate of drug-likeness (QED) is 0.404. The van der Waals surface area contributed by atoms with Crippen molar-refractivity contribution < 1.29 is 12.8 Å². The van der Waals surface area contributed by atoms with E-state index in [2.05, 4.69) is 34.4 Å². The molecule has 4 rings (SSSR count). The van der Waals surface area contributed by atoms with Gasteiger partial charge in [-0.1, -0.05) is 19.1 Å². The molecule has 1 aliphatic rings. The van der Waals surface area contributed by atoms with Gasteiger partial charge >= 0.3 is 0 Å². The van der Waals surface area contributed by atoms with Crippen LogP contribution < -0.4 is 5.32 Å². The average molecular weight is 528 g/mol. The van der Waals surface area contributed by atoms with Crippen LogP contribution in [0.5, 0.6) is 0 Å². The summed E-state index contributed by atoms with van der Waals surface area (Å²) in [5, 5.41) is 19.1. The van der Waals surface area contributed by atoms with Crippen LogP contribution in [-0.2, 0) is 16.6 Å². The van der Waals surface area contributed by atoms with Crippen LogP contribution in [0, 0.1) is 24.1 Å². The molecule has 0 saturated carbocycles. The topological polar surface area (TPSA) is 107 Å². The lowest BCUT2D eigenvalue weighted by Crippen LogP contribution is -2.51. The number of sulfonamides is 1. The third kappa shape index (κ3) is 5.89. The molecule has 37 heavy (non-hydrogen) atoms. The van der Waals surface area contributed by atoms with Crippen molar-refractivity contribution in [1.82, 2.24) is 24.2 Å². The minimum absolute atomic E-state index is 0.0406. The highest BCUT2D eigenvalue weighted by atomic mass is 32.2. The lowest BCUT2D eigenvalue weighted by molar-refractivity contribution is 0.105. The van der Waals surface area contributed by atoms with Crippen LogP contribution in [0.3, 0.4) is 0 Å². The zero-order valence-electron chi connectivity index (χ0n) is 21.6. The van der Waals surface area contributed by atoms with Gasteiger partial charge < -0.3 is 10.7 Å². The number of benzene rings is 2. The summed E-state index contributed by atoms with van der Waals surface area (Å²) in [6.07, 6.45) is 2.75. The first-order valence-electron chi connectivity index (χ1n) is 12.4. The molecule has 0 radical (unpaired) electrons. The summed E-state index contributed by atoms with van der Waals surface area (Å²) in [4.78, 5) is 2.32. The molecule has 1 aromatic heterocycles. The molecule has 2 N–H and O–H groups in total. The maximum Gasteiger partial charge on any atom is 0.264 e. The number of piperazine rings is 1. The Labute approximate surface area is 217 Å². The van der Waals surface area contributed by atoms with Crippen molar-refractivity contribution in [2.45, 2.75) is 45.3 Å². The van der Waals surface area contributed by atoms with Gasteiger partial charge in [0.05, 0.1) is 6.20 Å². The number of hydrogen-bond donors (Lipinski definition) is 2. The molecular weight excluding hydrogens is 493 g/mol. The Morgan fingerprint density at radius 2 is 1.95 bits per heavy atom.